The summed E-state index contributed by atoms with van der Waals surface area (Å²) in [6.45, 7) is 3.39. The first-order valence-electron chi connectivity index (χ1n) is 11.1. The molecule has 1 aromatic carbocycles. The van der Waals surface area contributed by atoms with Crippen LogP contribution in [0.15, 0.2) is 58.7 Å². The lowest BCUT2D eigenvalue weighted by Crippen LogP contribution is -2.49. The summed E-state index contributed by atoms with van der Waals surface area (Å²) in [5, 5.41) is 6.69. The zero-order chi connectivity index (χ0) is 22.3. The first-order valence-corrected chi connectivity index (χ1v) is 12.0. The van der Waals surface area contributed by atoms with Crippen LogP contribution in [-0.4, -0.2) is 40.8 Å². The summed E-state index contributed by atoms with van der Waals surface area (Å²) < 4.78 is 6.90. The summed E-state index contributed by atoms with van der Waals surface area (Å²) in [5.41, 5.74) is 1.41. The van der Waals surface area contributed by atoms with Crippen molar-refractivity contribution in [1.82, 2.24) is 14.7 Å². The van der Waals surface area contributed by atoms with Crippen LogP contribution in [0.3, 0.4) is 0 Å². The van der Waals surface area contributed by atoms with Gasteiger partial charge in [-0.25, -0.2) is 4.68 Å². The van der Waals surface area contributed by atoms with E-state index >= 15 is 0 Å². The number of aromatic nitrogens is 2. The molecule has 32 heavy (non-hydrogen) atoms. The van der Waals surface area contributed by atoms with Gasteiger partial charge in [-0.1, -0.05) is 25.1 Å². The van der Waals surface area contributed by atoms with Crippen LogP contribution in [0.2, 0.25) is 0 Å². The Morgan fingerprint density at radius 3 is 2.56 bits per heavy atom. The van der Waals surface area contributed by atoms with E-state index < -0.39 is 5.41 Å². The lowest BCUT2D eigenvalue weighted by Gasteiger charge is -2.39. The number of rotatable bonds is 5. The third kappa shape index (κ3) is 3.64. The van der Waals surface area contributed by atoms with E-state index in [4.69, 9.17) is 4.74 Å². The largest absolute Gasteiger partial charge is 0.497 e. The van der Waals surface area contributed by atoms with Crippen molar-refractivity contribution in [1.29, 1.82) is 0 Å². The summed E-state index contributed by atoms with van der Waals surface area (Å²) in [5.74, 6) is 1.15. The number of nitrogens with zero attached hydrogens (tertiary/aromatic N) is 3. The van der Waals surface area contributed by atoms with Crippen molar-refractivity contribution in [3.8, 4) is 16.3 Å². The van der Waals surface area contributed by atoms with Crippen molar-refractivity contribution in [2.24, 2.45) is 5.92 Å². The van der Waals surface area contributed by atoms with Gasteiger partial charge in [0.25, 0.3) is 5.56 Å². The van der Waals surface area contributed by atoms with Crippen molar-refractivity contribution >= 4 is 17.2 Å². The minimum atomic E-state index is -0.396. The molecule has 1 saturated carbocycles. The third-order valence-corrected chi connectivity index (χ3v) is 7.75. The number of thiophene rings is 1. The van der Waals surface area contributed by atoms with E-state index in [2.05, 4.69) is 12.0 Å². The molecule has 3 aromatic rings. The molecule has 7 heteroatoms. The van der Waals surface area contributed by atoms with Crippen LogP contribution in [0.4, 0.5) is 0 Å². The van der Waals surface area contributed by atoms with Crippen molar-refractivity contribution in [3.05, 3.63) is 69.8 Å². The Morgan fingerprint density at radius 2 is 1.94 bits per heavy atom. The second-order valence-electron chi connectivity index (χ2n) is 8.87. The van der Waals surface area contributed by atoms with Crippen LogP contribution >= 0.6 is 11.3 Å². The first-order chi connectivity index (χ1) is 15.5. The fraction of sp³-hybridized carbons (Fsp3) is 0.400. The molecule has 2 fully saturated rings. The Bertz CT molecular complexity index is 1170. The van der Waals surface area contributed by atoms with Gasteiger partial charge < -0.3 is 9.64 Å². The predicted molar refractivity (Wildman–Crippen MR) is 125 cm³/mol. The lowest BCUT2D eigenvalue weighted by molar-refractivity contribution is -0.136. The van der Waals surface area contributed by atoms with Gasteiger partial charge in [0, 0.05) is 19.2 Å². The minimum Gasteiger partial charge on any atom is -0.497 e. The molecule has 1 saturated heterocycles. The molecule has 0 spiro atoms. The van der Waals surface area contributed by atoms with E-state index in [0.717, 1.165) is 41.1 Å². The van der Waals surface area contributed by atoms with Crippen LogP contribution in [0, 0.1) is 5.92 Å². The number of piperidine rings is 1. The van der Waals surface area contributed by atoms with Gasteiger partial charge in [-0.15, -0.1) is 11.3 Å². The number of hydrogen-bond acceptors (Lipinski definition) is 5. The molecular formula is C25H27N3O3S. The van der Waals surface area contributed by atoms with Crippen molar-refractivity contribution < 1.29 is 9.53 Å². The van der Waals surface area contributed by atoms with Gasteiger partial charge in [0.1, 0.15) is 11.4 Å². The van der Waals surface area contributed by atoms with Crippen LogP contribution in [0.5, 0.6) is 5.75 Å². The molecule has 2 aromatic heterocycles. The Morgan fingerprint density at radius 1 is 1.16 bits per heavy atom. The average Bonchev–Trinajstić information content (AvgIpc) is 3.45. The highest BCUT2D eigenvalue weighted by Gasteiger charge is 2.53. The Hall–Kier alpha value is -2.93. The standard InChI is InChI=1S/C25H27N3O3S/c1-17-16-27(24(30)25(12-13-25)18-5-7-19(31-2)8-6-18)14-11-21(17)28-23(29)10-9-20(26-28)22-4-3-15-32-22/h3-10,15,17,21H,11-14,16H2,1-2H3. The van der Waals surface area contributed by atoms with Crippen molar-refractivity contribution in [2.45, 2.75) is 37.6 Å². The molecule has 1 aliphatic heterocycles. The zero-order valence-electron chi connectivity index (χ0n) is 18.4. The molecule has 0 radical (unpaired) electrons. The van der Waals surface area contributed by atoms with Gasteiger partial charge in [-0.05, 0) is 60.4 Å². The highest BCUT2D eigenvalue weighted by Crippen LogP contribution is 2.50. The molecule has 2 atom stereocenters. The smallest absolute Gasteiger partial charge is 0.267 e. The summed E-state index contributed by atoms with van der Waals surface area (Å²) in [7, 11) is 1.65. The Kier molecular flexibility index (Phi) is 5.37. The van der Waals surface area contributed by atoms with Crippen molar-refractivity contribution in [2.75, 3.05) is 20.2 Å². The SMILES string of the molecule is COc1ccc(C2(C(=O)N3CCC(n4nc(-c5cccs5)ccc4=O)C(C)C3)CC2)cc1. The van der Waals surface area contributed by atoms with E-state index in [-0.39, 0.29) is 23.4 Å². The molecular weight excluding hydrogens is 422 g/mol. The fourth-order valence-corrected chi connectivity index (χ4v) is 5.55. The molecule has 3 heterocycles. The normalized spacial score (nSPS) is 21.9. The molecule has 6 nitrogen and oxygen atoms in total. The van der Waals surface area contributed by atoms with E-state index in [0.29, 0.717) is 13.1 Å². The fourth-order valence-electron chi connectivity index (χ4n) is 4.86. The number of methoxy groups -OCH3 is 1. The number of hydrogen-bond donors (Lipinski definition) is 0. The number of amides is 1. The maximum atomic E-state index is 13.5. The average molecular weight is 450 g/mol. The van der Waals surface area contributed by atoms with Gasteiger partial charge in [0.2, 0.25) is 5.91 Å². The molecule has 2 unspecified atom stereocenters. The Balaban J connectivity index is 1.33. The van der Waals surface area contributed by atoms with Gasteiger partial charge in [-0.2, -0.15) is 5.10 Å². The second kappa shape index (κ2) is 8.20. The number of carbonyl (C=O) groups excluding carboxylic acids is 1. The van der Waals surface area contributed by atoms with Gasteiger partial charge in [0.15, 0.2) is 0 Å². The summed E-state index contributed by atoms with van der Waals surface area (Å²) in [4.78, 5) is 29.2. The maximum Gasteiger partial charge on any atom is 0.267 e. The van der Waals surface area contributed by atoms with Crippen LogP contribution in [0.1, 0.15) is 37.8 Å². The molecule has 1 aliphatic carbocycles. The summed E-state index contributed by atoms with van der Waals surface area (Å²) in [6.07, 6.45) is 2.50. The molecule has 5 rings (SSSR count). The molecule has 1 amide bonds. The molecule has 0 bridgehead atoms. The number of carbonyl (C=O) groups is 1. The van der Waals surface area contributed by atoms with E-state index in [9.17, 15) is 9.59 Å². The van der Waals surface area contributed by atoms with Gasteiger partial charge in [-0.3, -0.25) is 9.59 Å². The Labute approximate surface area is 191 Å². The van der Waals surface area contributed by atoms with Crippen LogP contribution in [0.25, 0.3) is 10.6 Å². The monoisotopic (exact) mass is 449 g/mol. The van der Waals surface area contributed by atoms with Crippen LogP contribution < -0.4 is 10.3 Å². The van der Waals surface area contributed by atoms with E-state index in [1.165, 1.54) is 0 Å². The number of benzene rings is 1. The van der Waals surface area contributed by atoms with Crippen molar-refractivity contribution in [3.63, 3.8) is 0 Å². The third-order valence-electron chi connectivity index (χ3n) is 6.86. The maximum absolute atomic E-state index is 13.5. The van der Waals surface area contributed by atoms with Crippen LogP contribution in [-0.2, 0) is 10.2 Å². The summed E-state index contributed by atoms with van der Waals surface area (Å²) in [6, 6.07) is 15.3. The summed E-state index contributed by atoms with van der Waals surface area (Å²) >= 11 is 1.61. The zero-order valence-corrected chi connectivity index (χ0v) is 19.2. The van der Waals surface area contributed by atoms with E-state index in [1.807, 2.05) is 46.7 Å². The second-order valence-corrected chi connectivity index (χ2v) is 9.82. The highest BCUT2D eigenvalue weighted by molar-refractivity contribution is 7.13. The topological polar surface area (TPSA) is 64.4 Å². The first kappa shape index (κ1) is 20.9. The predicted octanol–water partition coefficient (Wildman–Crippen LogP) is 4.12. The quantitative estimate of drug-likeness (QED) is 0.588. The molecule has 166 valence electrons. The van der Waals surface area contributed by atoms with Gasteiger partial charge in [0.05, 0.1) is 23.4 Å². The van der Waals surface area contributed by atoms with E-state index in [1.54, 1.807) is 35.3 Å². The van der Waals surface area contributed by atoms with Gasteiger partial charge >= 0.3 is 0 Å². The molecule has 0 N–H and O–H groups in total. The highest BCUT2D eigenvalue weighted by atomic mass is 32.1. The minimum absolute atomic E-state index is 0.0115. The lowest BCUT2D eigenvalue weighted by atomic mass is 9.89. The molecule has 2 aliphatic rings. The number of ether oxygens (including phenoxy) is 1. The number of likely N-dealkylation sites (tertiary alicyclic amines) is 1.